The number of aryl methyl sites for hydroxylation is 1. The molecule has 0 saturated carbocycles. The average molecular weight is 237 g/mol. The minimum atomic E-state index is -0.848. The van der Waals surface area contributed by atoms with Crippen LogP contribution < -0.4 is 5.32 Å². The molecule has 2 aromatic rings. The Morgan fingerprint density at radius 3 is 2.76 bits per heavy atom. The Bertz CT molecular complexity index is 508. The van der Waals surface area contributed by atoms with Crippen LogP contribution in [-0.4, -0.2) is 9.78 Å². The second-order valence-electron chi connectivity index (χ2n) is 3.62. The van der Waals surface area contributed by atoms with Crippen molar-refractivity contribution in [1.29, 1.82) is 0 Å². The summed E-state index contributed by atoms with van der Waals surface area (Å²) in [4.78, 5) is 0. The molecule has 17 heavy (non-hydrogen) atoms. The molecule has 0 atom stereocenters. The number of halogens is 2. The number of benzene rings is 1. The van der Waals surface area contributed by atoms with Gasteiger partial charge in [0.25, 0.3) is 0 Å². The highest BCUT2D eigenvalue weighted by Crippen LogP contribution is 2.14. The average Bonchev–Trinajstić information content (AvgIpc) is 2.78. The van der Waals surface area contributed by atoms with Crippen LogP contribution in [0.25, 0.3) is 0 Å². The molecule has 0 aliphatic heterocycles. The van der Waals surface area contributed by atoms with Gasteiger partial charge in [0.05, 0.1) is 12.2 Å². The lowest BCUT2D eigenvalue weighted by molar-refractivity contribution is 0.509. The van der Waals surface area contributed by atoms with Crippen LogP contribution in [0.1, 0.15) is 12.6 Å². The number of nitrogens with zero attached hydrogens (tertiary/aromatic N) is 2. The molecule has 90 valence electrons. The molecule has 0 spiro atoms. The summed E-state index contributed by atoms with van der Waals surface area (Å²) in [5.74, 6) is -1.69. The third-order valence-corrected chi connectivity index (χ3v) is 2.50. The summed E-state index contributed by atoms with van der Waals surface area (Å²) in [7, 11) is 0. The van der Waals surface area contributed by atoms with E-state index in [1.54, 1.807) is 6.20 Å². The summed E-state index contributed by atoms with van der Waals surface area (Å²) < 4.78 is 27.5. The van der Waals surface area contributed by atoms with E-state index in [-0.39, 0.29) is 0 Å². The Kier molecular flexibility index (Phi) is 3.37. The van der Waals surface area contributed by atoms with E-state index in [0.717, 1.165) is 24.4 Å². The molecule has 3 nitrogen and oxygen atoms in total. The summed E-state index contributed by atoms with van der Waals surface area (Å²) >= 11 is 0. The van der Waals surface area contributed by atoms with E-state index < -0.39 is 11.6 Å². The topological polar surface area (TPSA) is 29.9 Å². The molecule has 0 fully saturated rings. The van der Waals surface area contributed by atoms with Gasteiger partial charge >= 0.3 is 0 Å². The van der Waals surface area contributed by atoms with E-state index in [0.29, 0.717) is 12.2 Å². The highest BCUT2D eigenvalue weighted by Gasteiger charge is 2.04. The third-order valence-electron chi connectivity index (χ3n) is 2.50. The molecule has 0 aliphatic rings. The van der Waals surface area contributed by atoms with Crippen molar-refractivity contribution in [2.75, 3.05) is 5.32 Å². The minimum absolute atomic E-state index is 0.527. The Morgan fingerprint density at radius 2 is 2.06 bits per heavy atom. The van der Waals surface area contributed by atoms with Gasteiger partial charge in [0, 0.05) is 24.5 Å². The molecule has 5 heteroatoms. The van der Waals surface area contributed by atoms with Gasteiger partial charge in [-0.05, 0) is 25.1 Å². The van der Waals surface area contributed by atoms with Gasteiger partial charge in [-0.15, -0.1) is 0 Å². The standard InChI is InChI=1S/C12H13F2N3/c1-2-17-10(5-6-16-17)8-15-9-3-4-11(13)12(14)7-9/h3-7,15H,2,8H2,1H3. The first-order chi connectivity index (χ1) is 8.20. The van der Waals surface area contributed by atoms with E-state index in [4.69, 9.17) is 0 Å². The largest absolute Gasteiger partial charge is 0.379 e. The van der Waals surface area contributed by atoms with Crippen molar-refractivity contribution in [3.05, 3.63) is 47.8 Å². The zero-order valence-corrected chi connectivity index (χ0v) is 9.45. The zero-order chi connectivity index (χ0) is 12.3. The van der Waals surface area contributed by atoms with Crippen LogP contribution in [0.2, 0.25) is 0 Å². The van der Waals surface area contributed by atoms with E-state index in [1.165, 1.54) is 6.07 Å². The van der Waals surface area contributed by atoms with Crippen molar-refractivity contribution >= 4 is 5.69 Å². The predicted octanol–water partition coefficient (Wildman–Crippen LogP) is 2.79. The number of hydrogen-bond acceptors (Lipinski definition) is 2. The van der Waals surface area contributed by atoms with Crippen LogP contribution in [0.4, 0.5) is 14.5 Å². The highest BCUT2D eigenvalue weighted by molar-refractivity contribution is 5.43. The molecule has 0 aliphatic carbocycles. The molecular weight excluding hydrogens is 224 g/mol. The molecule has 1 N–H and O–H groups in total. The monoisotopic (exact) mass is 237 g/mol. The van der Waals surface area contributed by atoms with Crippen molar-refractivity contribution in [3.63, 3.8) is 0 Å². The Hall–Kier alpha value is -1.91. The van der Waals surface area contributed by atoms with E-state index in [1.807, 2.05) is 17.7 Å². The molecule has 0 saturated heterocycles. The van der Waals surface area contributed by atoms with Gasteiger partial charge in [-0.1, -0.05) is 0 Å². The second kappa shape index (κ2) is 4.95. The van der Waals surface area contributed by atoms with E-state index in [9.17, 15) is 8.78 Å². The van der Waals surface area contributed by atoms with E-state index >= 15 is 0 Å². The van der Waals surface area contributed by atoms with Crippen molar-refractivity contribution in [1.82, 2.24) is 9.78 Å². The van der Waals surface area contributed by atoms with Gasteiger partial charge in [0.2, 0.25) is 0 Å². The number of nitrogens with one attached hydrogen (secondary N) is 1. The molecule has 0 radical (unpaired) electrons. The van der Waals surface area contributed by atoms with Gasteiger partial charge in [-0.25, -0.2) is 8.78 Å². The maximum absolute atomic E-state index is 13.0. The van der Waals surface area contributed by atoms with Gasteiger partial charge in [0.15, 0.2) is 11.6 Å². The summed E-state index contributed by atoms with van der Waals surface area (Å²) in [5, 5.41) is 7.14. The molecule has 0 unspecified atom stereocenters. The number of anilines is 1. The van der Waals surface area contributed by atoms with Crippen LogP contribution in [0.15, 0.2) is 30.5 Å². The summed E-state index contributed by atoms with van der Waals surface area (Å²) in [5.41, 5.74) is 1.55. The first kappa shape index (κ1) is 11.6. The van der Waals surface area contributed by atoms with Crippen LogP contribution in [0.3, 0.4) is 0 Å². The maximum atomic E-state index is 13.0. The van der Waals surface area contributed by atoms with Crippen molar-refractivity contribution in [2.45, 2.75) is 20.0 Å². The first-order valence-electron chi connectivity index (χ1n) is 5.40. The predicted molar refractivity (Wildman–Crippen MR) is 61.6 cm³/mol. The second-order valence-corrected chi connectivity index (χ2v) is 3.62. The Balaban J connectivity index is 2.05. The van der Waals surface area contributed by atoms with Gasteiger partial charge in [-0.2, -0.15) is 5.10 Å². The lowest BCUT2D eigenvalue weighted by atomic mass is 10.3. The summed E-state index contributed by atoms with van der Waals surface area (Å²) in [6, 6.07) is 5.64. The molecule has 2 rings (SSSR count). The normalized spacial score (nSPS) is 10.5. The number of rotatable bonds is 4. The van der Waals surface area contributed by atoms with Gasteiger partial charge in [-0.3, -0.25) is 4.68 Å². The first-order valence-corrected chi connectivity index (χ1v) is 5.40. The quantitative estimate of drug-likeness (QED) is 0.886. The van der Waals surface area contributed by atoms with Gasteiger partial charge < -0.3 is 5.32 Å². The van der Waals surface area contributed by atoms with E-state index in [2.05, 4.69) is 10.4 Å². The van der Waals surface area contributed by atoms with Crippen LogP contribution >= 0.6 is 0 Å². The number of aromatic nitrogens is 2. The van der Waals surface area contributed by atoms with Gasteiger partial charge in [0.1, 0.15) is 0 Å². The highest BCUT2D eigenvalue weighted by atomic mass is 19.2. The minimum Gasteiger partial charge on any atom is -0.379 e. The van der Waals surface area contributed by atoms with Crippen molar-refractivity contribution in [3.8, 4) is 0 Å². The lowest BCUT2D eigenvalue weighted by Crippen LogP contribution is -2.08. The Morgan fingerprint density at radius 1 is 1.24 bits per heavy atom. The maximum Gasteiger partial charge on any atom is 0.160 e. The molecule has 0 amide bonds. The fourth-order valence-corrected chi connectivity index (χ4v) is 1.59. The molecular formula is C12H13F2N3. The zero-order valence-electron chi connectivity index (χ0n) is 9.45. The summed E-state index contributed by atoms with van der Waals surface area (Å²) in [6.45, 7) is 3.30. The smallest absolute Gasteiger partial charge is 0.160 e. The van der Waals surface area contributed by atoms with Crippen LogP contribution in [-0.2, 0) is 13.1 Å². The fourth-order valence-electron chi connectivity index (χ4n) is 1.59. The molecule has 1 heterocycles. The van der Waals surface area contributed by atoms with Crippen molar-refractivity contribution < 1.29 is 8.78 Å². The number of hydrogen-bond donors (Lipinski definition) is 1. The lowest BCUT2D eigenvalue weighted by Gasteiger charge is -2.08. The molecule has 1 aromatic heterocycles. The molecule has 0 bridgehead atoms. The van der Waals surface area contributed by atoms with Crippen molar-refractivity contribution in [2.24, 2.45) is 0 Å². The fraction of sp³-hybridized carbons (Fsp3) is 0.250. The summed E-state index contributed by atoms with van der Waals surface area (Å²) in [6.07, 6.45) is 1.71. The third kappa shape index (κ3) is 2.61. The molecule has 1 aromatic carbocycles. The SMILES string of the molecule is CCn1nccc1CNc1ccc(F)c(F)c1. The Labute approximate surface area is 98.1 Å². The van der Waals surface area contributed by atoms with Crippen LogP contribution in [0, 0.1) is 11.6 Å². The van der Waals surface area contributed by atoms with Crippen LogP contribution in [0.5, 0.6) is 0 Å².